The molecule has 0 aromatic rings. The van der Waals surface area contributed by atoms with Crippen LogP contribution in [0.25, 0.3) is 0 Å². The molecule has 0 rings (SSSR count). The van der Waals surface area contributed by atoms with Gasteiger partial charge in [-0.15, -0.1) is 0 Å². The molecule has 0 aliphatic heterocycles. The maximum absolute atomic E-state index is 12.7. The van der Waals surface area contributed by atoms with Gasteiger partial charge in [-0.3, -0.25) is 4.79 Å². The van der Waals surface area contributed by atoms with E-state index < -0.39 is 25.4 Å². The van der Waals surface area contributed by atoms with Crippen molar-refractivity contribution in [2.75, 3.05) is 0 Å². The van der Waals surface area contributed by atoms with E-state index in [1.807, 2.05) is 6.92 Å². The summed E-state index contributed by atoms with van der Waals surface area (Å²) in [5, 5.41) is 10.5. The topological polar surface area (TPSA) is 46.5 Å². The second-order valence-corrected chi connectivity index (χ2v) is 16.0. The summed E-state index contributed by atoms with van der Waals surface area (Å²) in [6.45, 7) is 14.9. The zero-order valence-corrected chi connectivity index (χ0v) is 22.9. The molecule has 0 amide bonds. The van der Waals surface area contributed by atoms with E-state index in [2.05, 4.69) is 56.7 Å². The molecule has 0 aliphatic carbocycles. The van der Waals surface area contributed by atoms with Crippen LogP contribution in [0.15, 0.2) is 0 Å². The van der Waals surface area contributed by atoms with Crippen molar-refractivity contribution < 1.29 is 14.3 Å². The first-order chi connectivity index (χ1) is 13.4. The summed E-state index contributed by atoms with van der Waals surface area (Å²) >= 11 is 3.43. The van der Waals surface area contributed by atoms with Crippen molar-refractivity contribution in [1.29, 1.82) is 0 Å². The molecule has 0 saturated heterocycles. The van der Waals surface area contributed by atoms with Gasteiger partial charge in [0.05, 0.1) is 6.10 Å². The number of unbranched alkanes of at least 4 members (excludes halogenated alkanes) is 10. The van der Waals surface area contributed by atoms with Gasteiger partial charge in [-0.25, -0.2) is 0 Å². The molecule has 0 fully saturated rings. The van der Waals surface area contributed by atoms with Crippen LogP contribution in [0.1, 0.15) is 112 Å². The Hall–Kier alpha value is 0.287. The molecule has 0 aliphatic rings. The van der Waals surface area contributed by atoms with Crippen LogP contribution in [0.5, 0.6) is 0 Å². The van der Waals surface area contributed by atoms with Crippen molar-refractivity contribution in [3.05, 3.63) is 0 Å². The molecule has 174 valence electrons. The van der Waals surface area contributed by atoms with Gasteiger partial charge in [-0.1, -0.05) is 114 Å². The Morgan fingerprint density at radius 1 is 0.931 bits per heavy atom. The van der Waals surface area contributed by atoms with Crippen molar-refractivity contribution in [3.8, 4) is 0 Å². The fourth-order valence-corrected chi connectivity index (χ4v) is 5.24. The van der Waals surface area contributed by atoms with Gasteiger partial charge in [0.15, 0.2) is 14.1 Å². The average molecular weight is 494 g/mol. The number of alkyl halides is 1. The molecule has 0 unspecified atom stereocenters. The van der Waals surface area contributed by atoms with Crippen molar-refractivity contribution in [3.63, 3.8) is 0 Å². The number of halogens is 1. The highest BCUT2D eigenvalue weighted by molar-refractivity contribution is 9.10. The normalized spacial score (nSPS) is 15.9. The first kappa shape index (κ1) is 29.3. The molecule has 3 nitrogen and oxygen atoms in total. The lowest BCUT2D eigenvalue weighted by Gasteiger charge is -2.38. The number of carbonyl (C=O) groups excluding carboxylic acids is 1. The fourth-order valence-electron chi connectivity index (χ4n) is 3.25. The third-order valence-electron chi connectivity index (χ3n) is 6.39. The van der Waals surface area contributed by atoms with Gasteiger partial charge in [0.25, 0.3) is 0 Å². The van der Waals surface area contributed by atoms with E-state index >= 15 is 0 Å². The van der Waals surface area contributed by atoms with E-state index in [-0.39, 0.29) is 10.8 Å². The number of hydrogen-bond donors (Lipinski definition) is 1. The number of aliphatic hydroxyl groups excluding tert-OH is 1. The quantitative estimate of drug-likeness (QED) is 0.128. The minimum Gasteiger partial charge on any atom is -0.407 e. The van der Waals surface area contributed by atoms with Crippen LogP contribution < -0.4 is 0 Å². The van der Waals surface area contributed by atoms with Gasteiger partial charge in [-0.05, 0) is 31.5 Å². The molecule has 0 saturated carbocycles. The number of rotatable bonds is 17. The number of carbonyl (C=O) groups is 1. The molecular weight excluding hydrogens is 444 g/mol. The molecule has 29 heavy (non-hydrogen) atoms. The molecule has 3 atom stereocenters. The first-order valence-corrected chi connectivity index (χ1v) is 15.8. The molecule has 1 N–H and O–H groups in total. The molecule has 0 heterocycles. The van der Waals surface area contributed by atoms with Gasteiger partial charge in [-0.2, -0.15) is 0 Å². The van der Waals surface area contributed by atoms with Crippen LogP contribution in [0, 0.1) is 0 Å². The van der Waals surface area contributed by atoms with E-state index in [0.29, 0.717) is 6.42 Å². The summed E-state index contributed by atoms with van der Waals surface area (Å²) in [6.07, 6.45) is 13.7. The SMILES string of the molecule is CCCCCCCCCCCCC[C@H](O)[C@@H](Br)C(=O)[C@H](C)O[Si](C)(C)C(C)(C)C. The third-order valence-corrected chi connectivity index (χ3v) is 12.0. The Balaban J connectivity index is 3.98. The van der Waals surface area contributed by atoms with Gasteiger partial charge < -0.3 is 9.53 Å². The largest absolute Gasteiger partial charge is 0.407 e. The average Bonchev–Trinajstić information content (AvgIpc) is 2.63. The fraction of sp³-hybridized carbons (Fsp3) is 0.958. The van der Waals surface area contributed by atoms with Crippen LogP contribution in [0.3, 0.4) is 0 Å². The predicted molar refractivity (Wildman–Crippen MR) is 133 cm³/mol. The highest BCUT2D eigenvalue weighted by atomic mass is 79.9. The summed E-state index contributed by atoms with van der Waals surface area (Å²) in [5.41, 5.74) is 0. The molecule has 5 heteroatoms. The van der Waals surface area contributed by atoms with Gasteiger partial charge >= 0.3 is 0 Å². The molecular formula is C24H49BrO3Si. The van der Waals surface area contributed by atoms with Crippen molar-refractivity contribution in [2.24, 2.45) is 0 Å². The minimum atomic E-state index is -1.99. The van der Waals surface area contributed by atoms with Crippen molar-refractivity contribution in [1.82, 2.24) is 0 Å². The maximum Gasteiger partial charge on any atom is 0.193 e. The Labute approximate surface area is 191 Å². The number of hydrogen-bond acceptors (Lipinski definition) is 3. The number of ketones is 1. The number of aliphatic hydroxyl groups is 1. The van der Waals surface area contributed by atoms with E-state index in [9.17, 15) is 9.90 Å². The smallest absolute Gasteiger partial charge is 0.193 e. The van der Waals surface area contributed by atoms with Crippen LogP contribution in [0.2, 0.25) is 18.1 Å². The summed E-state index contributed by atoms with van der Waals surface area (Å²) in [6, 6.07) is 0. The monoisotopic (exact) mass is 492 g/mol. The van der Waals surface area contributed by atoms with Gasteiger partial charge in [0, 0.05) is 0 Å². The zero-order valence-electron chi connectivity index (χ0n) is 20.4. The summed E-state index contributed by atoms with van der Waals surface area (Å²) in [4.78, 5) is 12.1. The summed E-state index contributed by atoms with van der Waals surface area (Å²) in [7, 11) is -1.99. The van der Waals surface area contributed by atoms with Crippen LogP contribution in [0.4, 0.5) is 0 Å². The zero-order chi connectivity index (χ0) is 22.5. The minimum absolute atomic E-state index is 0.0367. The second-order valence-electron chi connectivity index (χ2n) is 10.2. The van der Waals surface area contributed by atoms with Gasteiger partial charge in [0.1, 0.15) is 10.9 Å². The summed E-state index contributed by atoms with van der Waals surface area (Å²) < 4.78 is 6.19. The molecule has 0 spiro atoms. The highest BCUT2D eigenvalue weighted by Crippen LogP contribution is 2.37. The molecule has 0 aromatic heterocycles. The second kappa shape index (κ2) is 15.1. The Morgan fingerprint density at radius 3 is 1.76 bits per heavy atom. The molecule has 0 bridgehead atoms. The van der Waals surface area contributed by atoms with Crippen molar-refractivity contribution >= 4 is 30.0 Å². The lowest BCUT2D eigenvalue weighted by molar-refractivity contribution is -0.126. The third kappa shape index (κ3) is 12.7. The maximum atomic E-state index is 12.7. The van der Waals surface area contributed by atoms with E-state index in [1.165, 1.54) is 57.8 Å². The predicted octanol–water partition coefficient (Wildman–Crippen LogP) is 7.79. The van der Waals surface area contributed by atoms with Crippen LogP contribution in [-0.2, 0) is 9.22 Å². The Morgan fingerprint density at radius 2 is 1.34 bits per heavy atom. The Kier molecular flexibility index (Phi) is 15.3. The molecule has 0 aromatic carbocycles. The summed E-state index contributed by atoms with van der Waals surface area (Å²) in [5.74, 6) is -0.0367. The highest BCUT2D eigenvalue weighted by Gasteiger charge is 2.40. The van der Waals surface area contributed by atoms with Crippen molar-refractivity contribution in [2.45, 2.75) is 147 Å². The lowest BCUT2D eigenvalue weighted by atomic mass is 10.0. The van der Waals surface area contributed by atoms with E-state index in [4.69, 9.17) is 4.43 Å². The van der Waals surface area contributed by atoms with Gasteiger partial charge in [0.2, 0.25) is 0 Å². The van der Waals surface area contributed by atoms with Crippen LogP contribution >= 0.6 is 15.9 Å². The van der Waals surface area contributed by atoms with E-state index in [0.717, 1.165) is 12.8 Å². The molecule has 0 radical (unpaired) electrons. The Bertz CT molecular complexity index is 434. The standard InChI is InChI=1S/C24H49BrO3Si/c1-8-9-10-11-12-13-14-15-16-17-18-19-21(26)22(25)23(27)20(2)28-29(6,7)24(3,4)5/h20-22,26H,8-19H2,1-7H3/t20-,21-,22+/m0/s1. The van der Waals surface area contributed by atoms with Crippen LogP contribution in [-0.4, -0.2) is 36.2 Å². The first-order valence-electron chi connectivity index (χ1n) is 12.0. The van der Waals surface area contributed by atoms with E-state index in [1.54, 1.807) is 0 Å². The lowest BCUT2D eigenvalue weighted by Crippen LogP contribution is -2.47. The number of Topliss-reactive ketones (excluding diaryl/α,β-unsaturated/α-hetero) is 1.